The molecule has 0 unspecified atom stereocenters. The molecule has 1 aliphatic carbocycles. The molecule has 1 amide bonds. The highest BCUT2D eigenvalue weighted by Gasteiger charge is 2.19. The molecule has 2 rings (SSSR count). The number of amides is 1. The molecule has 1 aromatic rings. The first kappa shape index (κ1) is 11.8. The molecule has 1 saturated carbocycles. The second-order valence-electron chi connectivity index (χ2n) is 4.41. The molecular weight excluding hydrogens is 216 g/mol. The van der Waals surface area contributed by atoms with Gasteiger partial charge in [-0.2, -0.15) is 0 Å². The standard InChI is InChI=1S/C13H18N2O2/c1-17-10-6-7-12(14)11(8-10)13(16)15-9-4-2-3-5-9/h6-9H,2-5,14H2,1H3,(H,15,16). The molecule has 3 N–H and O–H groups in total. The molecule has 0 atom stereocenters. The predicted octanol–water partition coefficient (Wildman–Crippen LogP) is 1.95. The van der Waals surface area contributed by atoms with Gasteiger partial charge in [-0.3, -0.25) is 4.79 Å². The maximum atomic E-state index is 12.0. The Kier molecular flexibility index (Phi) is 3.52. The lowest BCUT2D eigenvalue weighted by Gasteiger charge is -2.13. The molecule has 1 fully saturated rings. The van der Waals surface area contributed by atoms with Crippen molar-refractivity contribution in [2.24, 2.45) is 0 Å². The van der Waals surface area contributed by atoms with Gasteiger partial charge in [0.05, 0.1) is 12.7 Å². The molecule has 1 aliphatic rings. The third-order valence-corrected chi connectivity index (χ3v) is 3.20. The van der Waals surface area contributed by atoms with Crippen molar-refractivity contribution in [3.8, 4) is 5.75 Å². The van der Waals surface area contributed by atoms with Gasteiger partial charge >= 0.3 is 0 Å². The number of nitrogens with two attached hydrogens (primary N) is 1. The predicted molar refractivity (Wildman–Crippen MR) is 67.1 cm³/mol. The van der Waals surface area contributed by atoms with Crippen LogP contribution < -0.4 is 15.8 Å². The number of benzene rings is 1. The minimum atomic E-state index is -0.103. The van der Waals surface area contributed by atoms with Gasteiger partial charge in [0.25, 0.3) is 5.91 Å². The number of hydrogen-bond donors (Lipinski definition) is 2. The van der Waals surface area contributed by atoms with Crippen LogP contribution in [0.25, 0.3) is 0 Å². The first-order valence-electron chi connectivity index (χ1n) is 5.95. The number of rotatable bonds is 3. The first-order chi connectivity index (χ1) is 8.20. The average Bonchev–Trinajstić information content (AvgIpc) is 2.82. The van der Waals surface area contributed by atoms with E-state index in [1.54, 1.807) is 25.3 Å². The van der Waals surface area contributed by atoms with Crippen molar-refractivity contribution < 1.29 is 9.53 Å². The van der Waals surface area contributed by atoms with Crippen LogP contribution in [0, 0.1) is 0 Å². The monoisotopic (exact) mass is 234 g/mol. The molecule has 0 saturated heterocycles. The van der Waals surface area contributed by atoms with Crippen LogP contribution in [-0.2, 0) is 0 Å². The van der Waals surface area contributed by atoms with Gasteiger partial charge in [-0.1, -0.05) is 12.8 Å². The smallest absolute Gasteiger partial charge is 0.253 e. The number of nitrogen functional groups attached to an aromatic ring is 1. The lowest BCUT2D eigenvalue weighted by molar-refractivity contribution is 0.0938. The summed E-state index contributed by atoms with van der Waals surface area (Å²) < 4.78 is 5.09. The Bertz CT molecular complexity index is 412. The summed E-state index contributed by atoms with van der Waals surface area (Å²) in [7, 11) is 1.57. The number of anilines is 1. The van der Waals surface area contributed by atoms with Gasteiger partial charge in [-0.05, 0) is 31.0 Å². The molecule has 0 bridgehead atoms. The van der Waals surface area contributed by atoms with E-state index in [0.717, 1.165) is 12.8 Å². The molecular formula is C13H18N2O2. The van der Waals surface area contributed by atoms with Crippen LogP contribution in [0.5, 0.6) is 5.75 Å². The third kappa shape index (κ3) is 2.70. The molecule has 0 aliphatic heterocycles. The van der Waals surface area contributed by atoms with E-state index >= 15 is 0 Å². The molecule has 0 aromatic heterocycles. The molecule has 17 heavy (non-hydrogen) atoms. The molecule has 1 aromatic carbocycles. The molecule has 4 heteroatoms. The Morgan fingerprint density at radius 1 is 1.41 bits per heavy atom. The lowest BCUT2D eigenvalue weighted by atomic mass is 10.1. The van der Waals surface area contributed by atoms with Crippen LogP contribution in [0.1, 0.15) is 36.0 Å². The van der Waals surface area contributed by atoms with E-state index in [9.17, 15) is 4.79 Å². The van der Waals surface area contributed by atoms with E-state index in [4.69, 9.17) is 10.5 Å². The highest BCUT2D eigenvalue weighted by atomic mass is 16.5. The number of hydrogen-bond acceptors (Lipinski definition) is 3. The van der Waals surface area contributed by atoms with Crippen molar-refractivity contribution in [1.29, 1.82) is 0 Å². The van der Waals surface area contributed by atoms with Crippen LogP contribution in [0.2, 0.25) is 0 Å². The Labute approximate surface area is 101 Å². The fourth-order valence-corrected chi connectivity index (χ4v) is 2.19. The fourth-order valence-electron chi connectivity index (χ4n) is 2.19. The second kappa shape index (κ2) is 5.08. The van der Waals surface area contributed by atoms with E-state index in [2.05, 4.69) is 5.32 Å². The van der Waals surface area contributed by atoms with Crippen LogP contribution in [-0.4, -0.2) is 19.1 Å². The van der Waals surface area contributed by atoms with Gasteiger partial charge in [0.15, 0.2) is 0 Å². The Morgan fingerprint density at radius 3 is 2.76 bits per heavy atom. The summed E-state index contributed by atoms with van der Waals surface area (Å²) >= 11 is 0. The van der Waals surface area contributed by atoms with Crippen LogP contribution >= 0.6 is 0 Å². The zero-order valence-corrected chi connectivity index (χ0v) is 10.0. The summed E-state index contributed by atoms with van der Waals surface area (Å²) in [6, 6.07) is 5.43. The van der Waals surface area contributed by atoms with Crippen LogP contribution in [0.4, 0.5) is 5.69 Å². The Hall–Kier alpha value is -1.71. The summed E-state index contributed by atoms with van der Waals surface area (Å²) in [5.74, 6) is 0.545. The number of carbonyl (C=O) groups is 1. The number of carbonyl (C=O) groups excluding carboxylic acids is 1. The molecule has 92 valence electrons. The van der Waals surface area contributed by atoms with Crippen molar-refractivity contribution in [3.63, 3.8) is 0 Å². The molecule has 0 heterocycles. The van der Waals surface area contributed by atoms with E-state index in [-0.39, 0.29) is 5.91 Å². The number of ether oxygens (including phenoxy) is 1. The molecule has 0 spiro atoms. The van der Waals surface area contributed by atoms with Crippen LogP contribution in [0.15, 0.2) is 18.2 Å². The van der Waals surface area contributed by atoms with E-state index in [1.165, 1.54) is 12.8 Å². The van der Waals surface area contributed by atoms with Gasteiger partial charge in [0.1, 0.15) is 5.75 Å². The summed E-state index contributed by atoms with van der Waals surface area (Å²) in [6.45, 7) is 0. The van der Waals surface area contributed by atoms with Crippen molar-refractivity contribution in [2.75, 3.05) is 12.8 Å². The SMILES string of the molecule is COc1ccc(N)c(C(=O)NC2CCCC2)c1. The summed E-state index contributed by atoms with van der Waals surface area (Å²) in [5, 5.41) is 3.01. The summed E-state index contributed by atoms with van der Waals surface area (Å²) in [5.41, 5.74) is 6.79. The Morgan fingerprint density at radius 2 is 2.12 bits per heavy atom. The van der Waals surface area contributed by atoms with Crippen molar-refractivity contribution >= 4 is 11.6 Å². The van der Waals surface area contributed by atoms with Crippen LogP contribution in [0.3, 0.4) is 0 Å². The fraction of sp³-hybridized carbons (Fsp3) is 0.462. The van der Waals surface area contributed by atoms with Crippen molar-refractivity contribution in [3.05, 3.63) is 23.8 Å². The summed E-state index contributed by atoms with van der Waals surface area (Å²) in [4.78, 5) is 12.0. The number of methoxy groups -OCH3 is 1. The minimum absolute atomic E-state index is 0.103. The van der Waals surface area contributed by atoms with Crippen molar-refractivity contribution in [1.82, 2.24) is 5.32 Å². The first-order valence-corrected chi connectivity index (χ1v) is 5.95. The Balaban J connectivity index is 2.11. The maximum Gasteiger partial charge on any atom is 0.253 e. The topological polar surface area (TPSA) is 64.3 Å². The highest BCUT2D eigenvalue weighted by molar-refractivity contribution is 5.99. The zero-order chi connectivity index (χ0) is 12.3. The van der Waals surface area contributed by atoms with E-state index < -0.39 is 0 Å². The molecule has 4 nitrogen and oxygen atoms in total. The average molecular weight is 234 g/mol. The molecule has 0 radical (unpaired) electrons. The van der Waals surface area contributed by atoms with Gasteiger partial charge in [0.2, 0.25) is 0 Å². The minimum Gasteiger partial charge on any atom is -0.497 e. The normalized spacial score (nSPS) is 15.8. The van der Waals surface area contributed by atoms with Gasteiger partial charge in [-0.15, -0.1) is 0 Å². The number of nitrogens with one attached hydrogen (secondary N) is 1. The highest BCUT2D eigenvalue weighted by Crippen LogP contribution is 2.22. The van der Waals surface area contributed by atoms with E-state index in [0.29, 0.717) is 23.0 Å². The van der Waals surface area contributed by atoms with Gasteiger partial charge < -0.3 is 15.8 Å². The van der Waals surface area contributed by atoms with Crippen molar-refractivity contribution in [2.45, 2.75) is 31.7 Å². The van der Waals surface area contributed by atoms with Gasteiger partial charge in [-0.25, -0.2) is 0 Å². The van der Waals surface area contributed by atoms with Gasteiger partial charge in [0, 0.05) is 11.7 Å². The lowest BCUT2D eigenvalue weighted by Crippen LogP contribution is -2.33. The maximum absolute atomic E-state index is 12.0. The second-order valence-corrected chi connectivity index (χ2v) is 4.41. The van der Waals surface area contributed by atoms with E-state index in [1.807, 2.05) is 0 Å². The summed E-state index contributed by atoms with van der Waals surface area (Å²) in [6.07, 6.45) is 4.52. The third-order valence-electron chi connectivity index (χ3n) is 3.20. The quantitative estimate of drug-likeness (QED) is 0.786. The zero-order valence-electron chi connectivity index (χ0n) is 10.0. The largest absolute Gasteiger partial charge is 0.497 e.